The molecule has 52 valence electrons. The fourth-order valence-electron chi connectivity index (χ4n) is 0.206. The molecule has 0 heterocycles. The standard InChI is InChI=1S/C4H9NO3.Ca.2H/c1-2(6)3(5)4(7)8;;;/h2-3,6H,5H2,1H3,(H,7,8);;;/t2?,3-;;;/m0.../s1. The molecule has 0 aliphatic heterocycles. The van der Waals surface area contributed by atoms with E-state index in [1.807, 2.05) is 0 Å². The van der Waals surface area contributed by atoms with Crippen molar-refractivity contribution in [2.45, 2.75) is 19.1 Å². The van der Waals surface area contributed by atoms with E-state index in [1.165, 1.54) is 6.92 Å². The molecule has 1 unspecified atom stereocenters. The van der Waals surface area contributed by atoms with Gasteiger partial charge in [0.25, 0.3) is 0 Å². The topological polar surface area (TPSA) is 83.5 Å². The molecule has 0 aromatic heterocycles. The first-order valence-electron chi connectivity index (χ1n) is 2.22. The van der Waals surface area contributed by atoms with Gasteiger partial charge in [0.15, 0.2) is 0 Å². The van der Waals surface area contributed by atoms with Gasteiger partial charge in [-0.1, -0.05) is 0 Å². The van der Waals surface area contributed by atoms with Gasteiger partial charge < -0.3 is 15.9 Å². The molecule has 0 saturated heterocycles. The van der Waals surface area contributed by atoms with Crippen molar-refractivity contribution < 1.29 is 15.0 Å². The first kappa shape index (κ1) is 12.3. The van der Waals surface area contributed by atoms with E-state index in [9.17, 15) is 4.79 Å². The molecule has 0 saturated carbocycles. The van der Waals surface area contributed by atoms with Crippen molar-refractivity contribution in [3.63, 3.8) is 0 Å². The summed E-state index contributed by atoms with van der Waals surface area (Å²) in [5, 5.41) is 16.6. The van der Waals surface area contributed by atoms with Gasteiger partial charge in [-0.3, -0.25) is 4.79 Å². The van der Waals surface area contributed by atoms with Gasteiger partial charge in [-0.15, -0.1) is 0 Å². The zero-order valence-corrected chi connectivity index (χ0v) is 4.53. The van der Waals surface area contributed by atoms with E-state index in [0.29, 0.717) is 0 Å². The molecule has 0 aliphatic carbocycles. The summed E-state index contributed by atoms with van der Waals surface area (Å²) in [4.78, 5) is 9.86. The Morgan fingerprint density at radius 1 is 1.67 bits per heavy atom. The monoisotopic (exact) mass is 161 g/mol. The van der Waals surface area contributed by atoms with Crippen LogP contribution in [-0.2, 0) is 4.79 Å². The van der Waals surface area contributed by atoms with Crippen molar-refractivity contribution in [3.05, 3.63) is 0 Å². The summed E-state index contributed by atoms with van der Waals surface area (Å²) in [6.45, 7) is 1.33. The fraction of sp³-hybridized carbons (Fsp3) is 0.750. The predicted octanol–water partition coefficient (Wildman–Crippen LogP) is -2.14. The number of carboxylic acids is 1. The molecular formula is C4H11CaNO3. The van der Waals surface area contributed by atoms with Gasteiger partial charge in [-0.2, -0.15) is 0 Å². The van der Waals surface area contributed by atoms with Gasteiger partial charge in [0.05, 0.1) is 6.10 Å². The van der Waals surface area contributed by atoms with Crippen molar-refractivity contribution in [1.29, 1.82) is 0 Å². The Hall–Kier alpha value is 0.650. The number of nitrogens with two attached hydrogens (primary N) is 1. The van der Waals surface area contributed by atoms with Crippen LogP contribution in [0.4, 0.5) is 0 Å². The maximum atomic E-state index is 9.86. The summed E-state index contributed by atoms with van der Waals surface area (Å²) in [7, 11) is 0. The summed E-state index contributed by atoms with van der Waals surface area (Å²) in [6.07, 6.45) is -0.979. The Kier molecular flexibility index (Phi) is 7.45. The molecular weight excluding hydrogens is 150 g/mol. The Bertz CT molecular complexity index is 95.8. The molecule has 2 atom stereocenters. The van der Waals surface area contributed by atoms with Crippen molar-refractivity contribution >= 4 is 43.7 Å². The van der Waals surface area contributed by atoms with Crippen LogP contribution in [0.3, 0.4) is 0 Å². The molecule has 0 rings (SSSR count). The van der Waals surface area contributed by atoms with Crippen LogP contribution in [0.5, 0.6) is 0 Å². The fourth-order valence-corrected chi connectivity index (χ4v) is 0.206. The number of hydrogen-bond donors (Lipinski definition) is 3. The van der Waals surface area contributed by atoms with Crippen molar-refractivity contribution in [2.75, 3.05) is 0 Å². The van der Waals surface area contributed by atoms with Gasteiger partial charge in [0, 0.05) is 0 Å². The van der Waals surface area contributed by atoms with E-state index in [4.69, 9.17) is 15.9 Å². The Balaban J connectivity index is 0. The minimum absolute atomic E-state index is 0. The van der Waals surface area contributed by atoms with Crippen LogP contribution >= 0.6 is 0 Å². The normalized spacial score (nSPS) is 15.4. The van der Waals surface area contributed by atoms with Crippen molar-refractivity contribution in [2.24, 2.45) is 5.73 Å². The molecule has 0 aromatic carbocycles. The summed E-state index contributed by atoms with van der Waals surface area (Å²) in [5.41, 5.74) is 4.91. The second-order valence-corrected chi connectivity index (χ2v) is 1.60. The molecule has 9 heavy (non-hydrogen) atoms. The first-order chi connectivity index (χ1) is 3.55. The summed E-state index contributed by atoms with van der Waals surface area (Å²) in [6, 6.07) is -1.16. The number of hydrogen-bond acceptors (Lipinski definition) is 3. The quantitative estimate of drug-likeness (QED) is 0.404. The molecule has 0 spiro atoms. The van der Waals surface area contributed by atoms with Crippen molar-refractivity contribution in [3.8, 4) is 0 Å². The number of carboxylic acid groups (broad SMARTS) is 1. The Morgan fingerprint density at radius 3 is 2.00 bits per heavy atom. The van der Waals surface area contributed by atoms with Crippen LogP contribution in [-0.4, -0.2) is 66.1 Å². The van der Waals surface area contributed by atoms with Gasteiger partial charge in [-0.25, -0.2) is 0 Å². The SMILES string of the molecule is CC(O)[C@H](N)C(=O)O.[CaH2]. The molecule has 0 fully saturated rings. The van der Waals surface area contributed by atoms with Crippen LogP contribution in [0.2, 0.25) is 0 Å². The van der Waals surface area contributed by atoms with E-state index in [-0.39, 0.29) is 37.7 Å². The van der Waals surface area contributed by atoms with Crippen LogP contribution in [0.25, 0.3) is 0 Å². The number of aliphatic hydroxyl groups is 1. The maximum absolute atomic E-state index is 9.86. The number of aliphatic hydroxyl groups excluding tert-OH is 1. The average Bonchev–Trinajstić information content (AvgIpc) is 1.64. The second kappa shape index (κ2) is 5.44. The summed E-state index contributed by atoms with van der Waals surface area (Å²) in [5.74, 6) is -1.18. The van der Waals surface area contributed by atoms with E-state index >= 15 is 0 Å². The third-order valence-electron chi connectivity index (χ3n) is 0.805. The van der Waals surface area contributed by atoms with Gasteiger partial charge in [-0.05, 0) is 6.92 Å². The third-order valence-corrected chi connectivity index (χ3v) is 0.805. The summed E-state index contributed by atoms with van der Waals surface area (Å²) >= 11 is 0. The van der Waals surface area contributed by atoms with E-state index in [0.717, 1.165) is 0 Å². The van der Waals surface area contributed by atoms with Gasteiger partial charge >= 0.3 is 43.7 Å². The molecule has 5 heteroatoms. The molecule has 0 radical (unpaired) electrons. The molecule has 4 nitrogen and oxygen atoms in total. The third kappa shape index (κ3) is 5.11. The first-order valence-corrected chi connectivity index (χ1v) is 2.22. The zero-order chi connectivity index (χ0) is 6.73. The molecule has 0 bridgehead atoms. The predicted molar refractivity (Wildman–Crippen MR) is 35.8 cm³/mol. The van der Waals surface area contributed by atoms with Crippen LogP contribution < -0.4 is 5.73 Å². The molecule has 0 amide bonds. The van der Waals surface area contributed by atoms with Crippen LogP contribution in [0.1, 0.15) is 6.92 Å². The van der Waals surface area contributed by atoms with Crippen molar-refractivity contribution in [1.82, 2.24) is 0 Å². The van der Waals surface area contributed by atoms with Gasteiger partial charge in [0.2, 0.25) is 0 Å². The molecule has 0 aromatic rings. The van der Waals surface area contributed by atoms with Gasteiger partial charge in [0.1, 0.15) is 6.04 Å². The van der Waals surface area contributed by atoms with Crippen LogP contribution in [0, 0.1) is 0 Å². The number of rotatable bonds is 2. The second-order valence-electron chi connectivity index (χ2n) is 1.60. The Morgan fingerprint density at radius 2 is 2.00 bits per heavy atom. The molecule has 0 aliphatic rings. The van der Waals surface area contributed by atoms with Crippen LogP contribution in [0.15, 0.2) is 0 Å². The summed E-state index contributed by atoms with van der Waals surface area (Å²) < 4.78 is 0. The van der Waals surface area contributed by atoms with E-state index < -0.39 is 18.1 Å². The minimum atomic E-state index is -1.18. The zero-order valence-electron chi connectivity index (χ0n) is 4.53. The average molecular weight is 161 g/mol. The van der Waals surface area contributed by atoms with E-state index in [2.05, 4.69) is 0 Å². The van der Waals surface area contributed by atoms with E-state index in [1.54, 1.807) is 0 Å². The molecule has 4 N–H and O–H groups in total. The Labute approximate surface area is 83.0 Å². The number of aliphatic carboxylic acids is 1. The number of carbonyl (C=O) groups is 1.